The van der Waals surface area contributed by atoms with Crippen LogP contribution in [0.1, 0.15) is 6.92 Å². The zero-order valence-electron chi connectivity index (χ0n) is 6.75. The molecule has 0 fully saturated rings. The Morgan fingerprint density at radius 3 is 2.75 bits per heavy atom. The van der Waals surface area contributed by atoms with Crippen LogP contribution in [-0.4, -0.2) is 10.9 Å². The summed E-state index contributed by atoms with van der Waals surface area (Å²) < 4.78 is 0. The standard InChI is InChI=1S/C8H11ClN2O/c1-6(7(10)12)8(9)4-2-3-5-11-8/h2-6,11H,1H3,(H2,10,12)/t6-,8?/m1/s1. The number of alkyl halides is 1. The molecule has 0 saturated carbocycles. The van der Waals surface area contributed by atoms with E-state index in [0.29, 0.717) is 0 Å². The van der Waals surface area contributed by atoms with Crippen molar-refractivity contribution in [3.05, 3.63) is 24.4 Å². The summed E-state index contributed by atoms with van der Waals surface area (Å²) in [4.78, 5) is 9.98. The summed E-state index contributed by atoms with van der Waals surface area (Å²) in [5.41, 5.74) is 5.13. The lowest BCUT2D eigenvalue weighted by Gasteiger charge is -2.30. The van der Waals surface area contributed by atoms with Crippen LogP contribution in [0.3, 0.4) is 0 Å². The first-order valence-corrected chi connectivity index (χ1v) is 4.04. The van der Waals surface area contributed by atoms with Crippen molar-refractivity contribution < 1.29 is 4.79 Å². The third-order valence-electron chi connectivity index (χ3n) is 1.91. The van der Waals surface area contributed by atoms with E-state index in [2.05, 4.69) is 5.32 Å². The third kappa shape index (κ3) is 1.61. The molecule has 0 radical (unpaired) electrons. The van der Waals surface area contributed by atoms with Gasteiger partial charge in [-0.1, -0.05) is 17.7 Å². The summed E-state index contributed by atoms with van der Waals surface area (Å²) in [7, 11) is 0. The van der Waals surface area contributed by atoms with Crippen LogP contribution in [0.2, 0.25) is 0 Å². The lowest BCUT2D eigenvalue weighted by molar-refractivity contribution is -0.122. The first kappa shape index (κ1) is 9.13. The molecule has 0 bridgehead atoms. The number of primary amides is 1. The molecule has 1 unspecified atom stereocenters. The second-order valence-corrected chi connectivity index (χ2v) is 3.38. The summed E-state index contributed by atoms with van der Waals surface area (Å²) in [6.45, 7) is 1.69. The molecule has 3 N–H and O–H groups in total. The number of allylic oxidation sites excluding steroid dienone is 2. The zero-order valence-corrected chi connectivity index (χ0v) is 7.51. The Kier molecular flexibility index (Phi) is 2.43. The normalized spacial score (nSPS) is 29.5. The first-order valence-electron chi connectivity index (χ1n) is 3.66. The highest BCUT2D eigenvalue weighted by molar-refractivity contribution is 6.26. The SMILES string of the molecule is C[C@H](C(N)=O)C1(Cl)C=CC=CN1. The topological polar surface area (TPSA) is 55.1 Å². The van der Waals surface area contributed by atoms with Crippen molar-refractivity contribution >= 4 is 17.5 Å². The Bertz CT molecular complexity index is 249. The van der Waals surface area contributed by atoms with E-state index in [9.17, 15) is 4.79 Å². The molecule has 1 rings (SSSR count). The molecule has 1 amide bonds. The fourth-order valence-corrected chi connectivity index (χ4v) is 1.19. The third-order valence-corrected chi connectivity index (χ3v) is 2.47. The Balaban J connectivity index is 2.78. The van der Waals surface area contributed by atoms with Crippen molar-refractivity contribution in [2.75, 3.05) is 0 Å². The molecule has 1 aliphatic rings. The zero-order chi connectivity index (χ0) is 9.19. The number of dihydropyridines is 1. The number of amides is 1. The predicted molar refractivity (Wildman–Crippen MR) is 48.4 cm³/mol. The fraction of sp³-hybridized carbons (Fsp3) is 0.375. The van der Waals surface area contributed by atoms with E-state index in [1.165, 1.54) is 0 Å². The van der Waals surface area contributed by atoms with E-state index in [1.54, 1.807) is 31.4 Å². The van der Waals surface area contributed by atoms with Gasteiger partial charge in [-0.15, -0.1) is 0 Å². The molecular formula is C8H11ClN2O. The molecule has 0 saturated heterocycles. The van der Waals surface area contributed by atoms with Gasteiger partial charge in [0.15, 0.2) is 0 Å². The second kappa shape index (κ2) is 3.19. The van der Waals surface area contributed by atoms with Crippen molar-refractivity contribution in [2.45, 2.75) is 11.9 Å². The van der Waals surface area contributed by atoms with E-state index >= 15 is 0 Å². The summed E-state index contributed by atoms with van der Waals surface area (Å²) in [6, 6.07) is 0. The van der Waals surface area contributed by atoms with Gasteiger partial charge in [-0.2, -0.15) is 0 Å². The van der Waals surface area contributed by atoms with Crippen LogP contribution >= 0.6 is 11.6 Å². The van der Waals surface area contributed by atoms with Gasteiger partial charge < -0.3 is 11.1 Å². The van der Waals surface area contributed by atoms with Crippen molar-refractivity contribution in [1.29, 1.82) is 0 Å². The summed E-state index contributed by atoms with van der Waals surface area (Å²) >= 11 is 6.07. The minimum atomic E-state index is -0.861. The summed E-state index contributed by atoms with van der Waals surface area (Å²) in [5.74, 6) is -0.863. The van der Waals surface area contributed by atoms with Crippen LogP contribution in [-0.2, 0) is 4.79 Å². The van der Waals surface area contributed by atoms with Gasteiger partial charge in [0, 0.05) is 0 Å². The van der Waals surface area contributed by atoms with Crippen LogP contribution in [0.25, 0.3) is 0 Å². The monoisotopic (exact) mass is 186 g/mol. The largest absolute Gasteiger partial charge is 0.369 e. The molecule has 0 aromatic heterocycles. The molecule has 66 valence electrons. The van der Waals surface area contributed by atoms with Crippen LogP contribution in [0.4, 0.5) is 0 Å². The minimum absolute atomic E-state index is 0.419. The summed E-state index contributed by atoms with van der Waals surface area (Å²) in [5, 5.41) is 2.87. The van der Waals surface area contributed by atoms with E-state index < -0.39 is 16.8 Å². The maximum absolute atomic E-state index is 10.8. The smallest absolute Gasteiger partial charge is 0.224 e. The van der Waals surface area contributed by atoms with E-state index in [1.807, 2.05) is 0 Å². The quantitative estimate of drug-likeness (QED) is 0.493. The van der Waals surface area contributed by atoms with E-state index in [-0.39, 0.29) is 0 Å². The molecule has 1 aliphatic heterocycles. The number of hydrogen-bond acceptors (Lipinski definition) is 2. The van der Waals surface area contributed by atoms with Gasteiger partial charge in [-0.05, 0) is 25.3 Å². The van der Waals surface area contributed by atoms with Gasteiger partial charge in [-0.25, -0.2) is 0 Å². The number of rotatable bonds is 2. The average molecular weight is 187 g/mol. The Morgan fingerprint density at radius 1 is 1.67 bits per heavy atom. The molecule has 12 heavy (non-hydrogen) atoms. The van der Waals surface area contributed by atoms with Crippen molar-refractivity contribution in [3.8, 4) is 0 Å². The van der Waals surface area contributed by atoms with Crippen LogP contribution in [0.5, 0.6) is 0 Å². The molecular weight excluding hydrogens is 176 g/mol. The molecule has 0 aromatic rings. The average Bonchev–Trinajstić information content (AvgIpc) is 2.04. The highest BCUT2D eigenvalue weighted by atomic mass is 35.5. The van der Waals surface area contributed by atoms with Crippen LogP contribution in [0, 0.1) is 5.92 Å². The molecule has 0 aliphatic carbocycles. The Hall–Kier alpha value is -0.960. The second-order valence-electron chi connectivity index (χ2n) is 2.75. The van der Waals surface area contributed by atoms with Gasteiger partial charge in [0.25, 0.3) is 0 Å². The van der Waals surface area contributed by atoms with Crippen LogP contribution in [0.15, 0.2) is 24.4 Å². The maximum atomic E-state index is 10.8. The van der Waals surface area contributed by atoms with Gasteiger partial charge in [0.2, 0.25) is 5.91 Å². The fourth-order valence-electron chi connectivity index (χ4n) is 0.951. The number of carbonyl (C=O) groups excluding carboxylic acids is 1. The van der Waals surface area contributed by atoms with E-state index in [4.69, 9.17) is 17.3 Å². The predicted octanol–water partition coefficient (Wildman–Crippen LogP) is 0.716. The molecule has 2 atom stereocenters. The molecule has 0 aromatic carbocycles. The highest BCUT2D eigenvalue weighted by Gasteiger charge is 2.34. The lowest BCUT2D eigenvalue weighted by atomic mass is 9.99. The van der Waals surface area contributed by atoms with Gasteiger partial charge in [0.1, 0.15) is 5.00 Å². The molecule has 4 heteroatoms. The Labute approximate surface area is 76.3 Å². The van der Waals surface area contributed by atoms with Crippen molar-refractivity contribution in [1.82, 2.24) is 5.32 Å². The number of hydrogen-bond donors (Lipinski definition) is 2. The number of carbonyl (C=O) groups is 1. The van der Waals surface area contributed by atoms with Gasteiger partial charge >= 0.3 is 0 Å². The highest BCUT2D eigenvalue weighted by Crippen LogP contribution is 2.25. The minimum Gasteiger partial charge on any atom is -0.369 e. The molecule has 0 spiro atoms. The van der Waals surface area contributed by atoms with Crippen LogP contribution < -0.4 is 11.1 Å². The molecule has 1 heterocycles. The van der Waals surface area contributed by atoms with Crippen molar-refractivity contribution in [2.24, 2.45) is 11.7 Å². The number of nitrogens with two attached hydrogens (primary N) is 1. The number of halogens is 1. The summed E-state index contributed by atoms with van der Waals surface area (Å²) in [6.07, 6.45) is 6.98. The number of nitrogens with one attached hydrogen (secondary N) is 1. The van der Waals surface area contributed by atoms with E-state index in [0.717, 1.165) is 0 Å². The first-order chi connectivity index (χ1) is 5.56. The van der Waals surface area contributed by atoms with Gasteiger partial charge in [0.05, 0.1) is 5.92 Å². The Morgan fingerprint density at radius 2 is 2.33 bits per heavy atom. The maximum Gasteiger partial charge on any atom is 0.224 e. The van der Waals surface area contributed by atoms with Crippen molar-refractivity contribution in [3.63, 3.8) is 0 Å². The lowest BCUT2D eigenvalue weighted by Crippen LogP contribution is -2.47. The molecule has 3 nitrogen and oxygen atoms in total. The van der Waals surface area contributed by atoms with Gasteiger partial charge in [-0.3, -0.25) is 4.79 Å².